The maximum Gasteiger partial charge on any atom is 0.274 e. The van der Waals surface area contributed by atoms with Gasteiger partial charge >= 0.3 is 0 Å². The number of rotatable bonds is 7. The second kappa shape index (κ2) is 9.75. The molecule has 2 aromatic rings. The van der Waals surface area contributed by atoms with Crippen LogP contribution in [0.25, 0.3) is 0 Å². The normalized spacial score (nSPS) is 19.2. The van der Waals surface area contributed by atoms with Crippen LogP contribution < -0.4 is 0 Å². The van der Waals surface area contributed by atoms with Gasteiger partial charge in [0.15, 0.2) is 5.69 Å². The average Bonchev–Trinajstić information content (AvgIpc) is 3.17. The first-order valence-electron chi connectivity index (χ1n) is 11.5. The summed E-state index contributed by atoms with van der Waals surface area (Å²) >= 11 is 0. The Kier molecular flexibility index (Phi) is 6.85. The number of amides is 1. The van der Waals surface area contributed by atoms with Gasteiger partial charge in [-0.05, 0) is 51.0 Å². The van der Waals surface area contributed by atoms with E-state index in [1.54, 1.807) is 0 Å². The molecular weight excluding hydrogens is 376 g/mol. The van der Waals surface area contributed by atoms with Gasteiger partial charge < -0.3 is 10.0 Å². The molecule has 1 aromatic carbocycles. The van der Waals surface area contributed by atoms with E-state index in [1.165, 1.54) is 17.7 Å². The minimum atomic E-state index is 0.107. The molecule has 2 heterocycles. The maximum absolute atomic E-state index is 13.3. The largest absolute Gasteiger partial charge is 0.395 e. The van der Waals surface area contributed by atoms with Crippen LogP contribution in [0, 0.1) is 0 Å². The average molecular weight is 411 g/mol. The lowest BCUT2D eigenvalue weighted by Gasteiger charge is -2.34. The van der Waals surface area contributed by atoms with Crippen LogP contribution in [0.4, 0.5) is 0 Å². The number of benzene rings is 1. The second-order valence-electron chi connectivity index (χ2n) is 8.52. The number of fused-ring (bicyclic) bond motifs is 1. The zero-order chi connectivity index (χ0) is 20.9. The number of aromatic nitrogens is 2. The van der Waals surface area contributed by atoms with Crippen molar-refractivity contribution in [2.75, 3.05) is 26.2 Å². The van der Waals surface area contributed by atoms with Crippen LogP contribution in [-0.4, -0.2) is 62.9 Å². The lowest BCUT2D eigenvalue weighted by Crippen LogP contribution is -2.41. The predicted octanol–water partition coefficient (Wildman–Crippen LogP) is 2.88. The Hall–Kier alpha value is -2.18. The van der Waals surface area contributed by atoms with Crippen molar-refractivity contribution in [3.8, 4) is 0 Å². The highest BCUT2D eigenvalue weighted by Gasteiger charge is 2.33. The molecule has 1 amide bonds. The summed E-state index contributed by atoms with van der Waals surface area (Å²) in [5.41, 5.74) is 4.30. The number of nitrogens with zero attached hydrogens (tertiary/aromatic N) is 4. The third kappa shape index (κ3) is 4.44. The highest BCUT2D eigenvalue weighted by atomic mass is 16.3. The number of aliphatic hydroxyl groups is 1. The molecule has 1 saturated heterocycles. The van der Waals surface area contributed by atoms with Gasteiger partial charge in [0.1, 0.15) is 0 Å². The van der Waals surface area contributed by atoms with E-state index in [4.69, 9.17) is 5.10 Å². The number of carbonyl (C=O) groups is 1. The van der Waals surface area contributed by atoms with Crippen molar-refractivity contribution < 1.29 is 9.90 Å². The number of hydrogen-bond acceptors (Lipinski definition) is 4. The fourth-order valence-electron chi connectivity index (χ4n) is 5.00. The molecule has 1 aliphatic carbocycles. The second-order valence-corrected chi connectivity index (χ2v) is 8.52. The van der Waals surface area contributed by atoms with Crippen molar-refractivity contribution in [3.63, 3.8) is 0 Å². The number of piperidine rings is 1. The fraction of sp³-hybridized carbons (Fsp3) is 0.583. The van der Waals surface area contributed by atoms with E-state index in [0.29, 0.717) is 18.3 Å². The van der Waals surface area contributed by atoms with Gasteiger partial charge in [-0.2, -0.15) is 5.10 Å². The molecule has 0 radical (unpaired) electrons. The SMILES string of the molecule is CCn1nc(C(=O)N2CCCCC2)c2c1CC[C@@H](N(CCO)Cc1ccccc1)C2. The van der Waals surface area contributed by atoms with Crippen molar-refractivity contribution in [2.24, 2.45) is 0 Å². The summed E-state index contributed by atoms with van der Waals surface area (Å²) in [6.07, 6.45) is 6.19. The van der Waals surface area contributed by atoms with E-state index in [1.807, 2.05) is 15.6 Å². The lowest BCUT2D eigenvalue weighted by molar-refractivity contribution is 0.0715. The van der Waals surface area contributed by atoms with Gasteiger partial charge in [0.25, 0.3) is 5.91 Å². The Morgan fingerprint density at radius 1 is 1.20 bits per heavy atom. The number of hydrogen-bond donors (Lipinski definition) is 1. The summed E-state index contributed by atoms with van der Waals surface area (Å²) in [5.74, 6) is 0.107. The van der Waals surface area contributed by atoms with Gasteiger partial charge in [0, 0.05) is 50.0 Å². The summed E-state index contributed by atoms with van der Waals surface area (Å²) in [5, 5.41) is 14.4. The summed E-state index contributed by atoms with van der Waals surface area (Å²) < 4.78 is 2.04. The van der Waals surface area contributed by atoms with Crippen molar-refractivity contribution in [1.82, 2.24) is 19.6 Å². The maximum atomic E-state index is 13.3. The van der Waals surface area contributed by atoms with Crippen LogP contribution in [0.15, 0.2) is 30.3 Å². The molecule has 1 aromatic heterocycles. The molecule has 4 rings (SSSR count). The summed E-state index contributed by atoms with van der Waals surface area (Å²) in [7, 11) is 0. The topological polar surface area (TPSA) is 61.6 Å². The van der Waals surface area contributed by atoms with Crippen LogP contribution in [0.2, 0.25) is 0 Å². The van der Waals surface area contributed by atoms with Crippen molar-refractivity contribution >= 4 is 5.91 Å². The Morgan fingerprint density at radius 2 is 1.97 bits per heavy atom. The molecule has 0 spiro atoms. The minimum absolute atomic E-state index is 0.107. The third-order valence-corrected chi connectivity index (χ3v) is 6.60. The summed E-state index contributed by atoms with van der Waals surface area (Å²) in [4.78, 5) is 17.7. The van der Waals surface area contributed by atoms with E-state index < -0.39 is 0 Å². The highest BCUT2D eigenvalue weighted by molar-refractivity contribution is 5.94. The molecule has 0 unspecified atom stereocenters. The van der Waals surface area contributed by atoms with Gasteiger partial charge in [0.2, 0.25) is 0 Å². The number of likely N-dealkylation sites (tertiary alicyclic amines) is 1. The molecule has 30 heavy (non-hydrogen) atoms. The third-order valence-electron chi connectivity index (χ3n) is 6.60. The van der Waals surface area contributed by atoms with Crippen LogP contribution in [0.1, 0.15) is 59.9 Å². The van der Waals surface area contributed by atoms with E-state index in [0.717, 1.165) is 63.8 Å². The summed E-state index contributed by atoms with van der Waals surface area (Å²) in [6, 6.07) is 10.7. The molecule has 0 bridgehead atoms. The van der Waals surface area contributed by atoms with E-state index >= 15 is 0 Å². The van der Waals surface area contributed by atoms with Crippen LogP contribution in [0.3, 0.4) is 0 Å². The Bertz CT molecular complexity index is 842. The molecule has 162 valence electrons. The zero-order valence-electron chi connectivity index (χ0n) is 18.1. The first kappa shape index (κ1) is 21.1. The molecule has 1 N–H and O–H groups in total. The molecule has 6 heteroatoms. The summed E-state index contributed by atoms with van der Waals surface area (Å²) in [6.45, 7) is 6.20. The van der Waals surface area contributed by atoms with Gasteiger partial charge in [-0.3, -0.25) is 14.4 Å². The molecule has 0 saturated carbocycles. The smallest absolute Gasteiger partial charge is 0.274 e. The van der Waals surface area contributed by atoms with Crippen molar-refractivity contribution in [1.29, 1.82) is 0 Å². The molecule has 2 aliphatic rings. The van der Waals surface area contributed by atoms with Crippen LogP contribution >= 0.6 is 0 Å². The number of carbonyl (C=O) groups excluding carboxylic acids is 1. The molecule has 1 atom stereocenters. The molecule has 1 fully saturated rings. The lowest BCUT2D eigenvalue weighted by atomic mass is 9.89. The quantitative estimate of drug-likeness (QED) is 0.762. The standard InChI is InChI=1S/C24H34N4O2/c1-2-28-22-12-11-20(27(15-16-29)18-19-9-5-3-6-10-19)17-21(22)23(25-28)24(30)26-13-7-4-8-14-26/h3,5-6,9-10,20,29H,2,4,7-8,11-18H2,1H3/t20-/m1/s1. The fourth-order valence-corrected chi connectivity index (χ4v) is 5.00. The van der Waals surface area contributed by atoms with Gasteiger partial charge in [-0.1, -0.05) is 30.3 Å². The monoisotopic (exact) mass is 410 g/mol. The Labute approximate surface area is 179 Å². The van der Waals surface area contributed by atoms with E-state index in [2.05, 4.69) is 36.1 Å². The van der Waals surface area contributed by atoms with Crippen molar-refractivity contribution in [2.45, 2.75) is 64.6 Å². The Balaban J connectivity index is 1.57. The number of aryl methyl sites for hydroxylation is 1. The van der Waals surface area contributed by atoms with Gasteiger partial charge in [0.05, 0.1) is 6.61 Å². The van der Waals surface area contributed by atoms with Crippen LogP contribution in [0.5, 0.6) is 0 Å². The van der Waals surface area contributed by atoms with E-state index in [9.17, 15) is 9.90 Å². The van der Waals surface area contributed by atoms with Gasteiger partial charge in [-0.15, -0.1) is 0 Å². The molecule has 6 nitrogen and oxygen atoms in total. The Morgan fingerprint density at radius 3 is 2.67 bits per heavy atom. The highest BCUT2D eigenvalue weighted by Crippen LogP contribution is 2.29. The first-order valence-corrected chi connectivity index (χ1v) is 11.5. The van der Waals surface area contributed by atoms with Crippen molar-refractivity contribution in [3.05, 3.63) is 52.8 Å². The van der Waals surface area contributed by atoms with Gasteiger partial charge in [-0.25, -0.2) is 0 Å². The minimum Gasteiger partial charge on any atom is -0.395 e. The molecule has 1 aliphatic heterocycles. The predicted molar refractivity (Wildman–Crippen MR) is 117 cm³/mol. The van der Waals surface area contributed by atoms with Crippen LogP contribution in [-0.2, 0) is 25.9 Å². The first-order chi connectivity index (χ1) is 14.7. The zero-order valence-corrected chi connectivity index (χ0v) is 18.1. The number of aliphatic hydroxyl groups excluding tert-OH is 1. The molecular formula is C24H34N4O2. The van der Waals surface area contributed by atoms with E-state index in [-0.39, 0.29) is 12.5 Å².